The molecule has 6 atom stereocenters. The lowest BCUT2D eigenvalue weighted by molar-refractivity contribution is -0.255. The van der Waals surface area contributed by atoms with Gasteiger partial charge >= 0.3 is 0 Å². The Balaban J connectivity index is 1.21. The van der Waals surface area contributed by atoms with E-state index < -0.39 is 6.29 Å². The van der Waals surface area contributed by atoms with Crippen LogP contribution in [0.15, 0.2) is 73.1 Å². The standard InChI is InChI=1S/C39H50N4O5/c1-39(2,3)42-37(46)34-19-18-28-7-4-5-9-33(28)43(34)24-32-21-35(29-14-12-27(25-44)13-15-29)48-38(47-32)30-16-10-26(11-17-30)22-41-36(45)31-8-6-20-40-23-31/h6,8,10-17,20,23,28,32-35,38,44H,4-5,7,9,18-19,21-22,24-25H2,1-3H3,(H,41,45)(H,42,46)/t28-,32+,33-,34-,35-,38-/m1/s1. The van der Waals surface area contributed by atoms with Crippen LogP contribution >= 0.6 is 0 Å². The van der Waals surface area contributed by atoms with Crippen LogP contribution in [0.4, 0.5) is 0 Å². The van der Waals surface area contributed by atoms with Crippen molar-refractivity contribution in [2.24, 2.45) is 5.92 Å². The lowest BCUT2D eigenvalue weighted by Gasteiger charge is -2.50. The summed E-state index contributed by atoms with van der Waals surface area (Å²) in [6.07, 6.45) is 9.63. The summed E-state index contributed by atoms with van der Waals surface area (Å²) in [7, 11) is 0. The highest BCUT2D eigenvalue weighted by atomic mass is 16.7. The molecular weight excluding hydrogens is 604 g/mol. The van der Waals surface area contributed by atoms with E-state index in [1.54, 1.807) is 24.5 Å². The topological polar surface area (TPSA) is 113 Å². The van der Waals surface area contributed by atoms with Gasteiger partial charge in [-0.15, -0.1) is 0 Å². The normalized spacial score (nSPS) is 26.3. The number of aromatic nitrogens is 1. The molecule has 3 heterocycles. The Morgan fingerprint density at radius 1 is 0.917 bits per heavy atom. The van der Waals surface area contributed by atoms with Gasteiger partial charge in [0.05, 0.1) is 30.4 Å². The van der Waals surface area contributed by atoms with Crippen molar-refractivity contribution in [1.29, 1.82) is 0 Å². The van der Waals surface area contributed by atoms with Crippen molar-refractivity contribution in [1.82, 2.24) is 20.5 Å². The smallest absolute Gasteiger partial charge is 0.253 e. The van der Waals surface area contributed by atoms with Gasteiger partial charge in [-0.1, -0.05) is 61.4 Å². The summed E-state index contributed by atoms with van der Waals surface area (Å²) in [6.45, 7) is 7.16. The Hall–Kier alpha value is -3.63. The molecule has 0 radical (unpaired) electrons. The third kappa shape index (κ3) is 8.50. The van der Waals surface area contributed by atoms with Crippen LogP contribution < -0.4 is 10.6 Å². The molecule has 9 heteroatoms. The monoisotopic (exact) mass is 654 g/mol. The summed E-state index contributed by atoms with van der Waals surface area (Å²) >= 11 is 0. The molecule has 256 valence electrons. The van der Waals surface area contributed by atoms with Gasteiger partial charge < -0.3 is 25.2 Å². The first kappa shape index (κ1) is 34.2. The Morgan fingerprint density at radius 3 is 2.35 bits per heavy atom. The number of nitrogens with zero attached hydrogens (tertiary/aromatic N) is 2. The first-order valence-corrected chi connectivity index (χ1v) is 17.5. The first-order valence-electron chi connectivity index (χ1n) is 17.5. The molecule has 3 fully saturated rings. The number of pyridine rings is 1. The number of benzene rings is 2. The van der Waals surface area contributed by atoms with E-state index in [2.05, 4.69) is 20.5 Å². The fraction of sp³-hybridized carbons (Fsp3) is 0.513. The summed E-state index contributed by atoms with van der Waals surface area (Å²) < 4.78 is 13.4. The number of ether oxygens (including phenoxy) is 2. The van der Waals surface area contributed by atoms with Crippen molar-refractivity contribution in [2.75, 3.05) is 6.54 Å². The van der Waals surface area contributed by atoms with Crippen LogP contribution in [-0.2, 0) is 27.4 Å². The number of likely N-dealkylation sites (tertiary alicyclic amines) is 1. The average molecular weight is 655 g/mol. The minimum Gasteiger partial charge on any atom is -0.392 e. The van der Waals surface area contributed by atoms with Gasteiger partial charge in [0.1, 0.15) is 0 Å². The number of hydrogen-bond donors (Lipinski definition) is 3. The molecule has 0 unspecified atom stereocenters. The number of aliphatic hydroxyl groups excluding tert-OH is 1. The molecule has 6 rings (SSSR count). The molecule has 2 aliphatic heterocycles. The van der Waals surface area contributed by atoms with Crippen LogP contribution in [0.5, 0.6) is 0 Å². The molecular formula is C39H50N4O5. The van der Waals surface area contributed by atoms with Crippen molar-refractivity contribution >= 4 is 11.8 Å². The van der Waals surface area contributed by atoms with Crippen LogP contribution in [0.2, 0.25) is 0 Å². The van der Waals surface area contributed by atoms with Crippen molar-refractivity contribution in [2.45, 2.75) is 115 Å². The number of aliphatic hydroxyl groups is 1. The molecule has 3 N–H and O–H groups in total. The van der Waals surface area contributed by atoms with Gasteiger partial charge in [0, 0.05) is 49.0 Å². The first-order chi connectivity index (χ1) is 23.2. The minimum absolute atomic E-state index is 0.00919. The van der Waals surface area contributed by atoms with Crippen molar-refractivity contribution in [3.8, 4) is 0 Å². The number of piperidine rings is 1. The molecule has 1 aliphatic carbocycles. The lowest BCUT2D eigenvalue weighted by atomic mass is 9.75. The zero-order valence-corrected chi connectivity index (χ0v) is 28.4. The number of fused-ring (bicyclic) bond motifs is 1. The Kier molecular flexibility index (Phi) is 10.9. The molecule has 0 bridgehead atoms. The van der Waals surface area contributed by atoms with E-state index >= 15 is 0 Å². The quantitative estimate of drug-likeness (QED) is 0.260. The second-order valence-corrected chi connectivity index (χ2v) is 14.7. The summed E-state index contributed by atoms with van der Waals surface area (Å²) in [6, 6.07) is 19.6. The van der Waals surface area contributed by atoms with Crippen LogP contribution in [0.1, 0.15) is 111 Å². The Bertz CT molecular complexity index is 1510. The molecule has 9 nitrogen and oxygen atoms in total. The van der Waals surface area contributed by atoms with E-state index in [0.717, 1.165) is 41.5 Å². The maximum absolute atomic E-state index is 13.7. The SMILES string of the molecule is CC(C)(C)NC(=O)[C@H]1CC[C@H]2CCCC[C@H]2N1C[C@@H]1C[C@H](c2ccc(CO)cc2)O[C@H](c2ccc(CNC(=O)c3cccnc3)cc2)O1. The highest BCUT2D eigenvalue weighted by Crippen LogP contribution is 2.42. The van der Waals surface area contributed by atoms with Crippen LogP contribution in [-0.4, -0.2) is 57.1 Å². The minimum atomic E-state index is -0.598. The summed E-state index contributed by atoms with van der Waals surface area (Å²) in [5.41, 5.74) is 3.98. The van der Waals surface area contributed by atoms with E-state index in [1.807, 2.05) is 69.3 Å². The molecule has 1 saturated carbocycles. The lowest BCUT2D eigenvalue weighted by Crippen LogP contribution is -2.61. The van der Waals surface area contributed by atoms with Crippen molar-refractivity contribution in [3.63, 3.8) is 0 Å². The molecule has 2 saturated heterocycles. The van der Waals surface area contributed by atoms with Gasteiger partial charge in [0.2, 0.25) is 5.91 Å². The molecule has 2 amide bonds. The molecule has 0 spiro atoms. The second kappa shape index (κ2) is 15.3. The highest BCUT2D eigenvalue weighted by molar-refractivity contribution is 5.93. The number of carbonyl (C=O) groups excluding carboxylic acids is 2. The maximum Gasteiger partial charge on any atom is 0.253 e. The molecule has 2 aromatic carbocycles. The summed E-state index contributed by atoms with van der Waals surface area (Å²) in [4.78, 5) is 32.7. The van der Waals surface area contributed by atoms with E-state index in [0.29, 0.717) is 37.0 Å². The number of carbonyl (C=O) groups is 2. The maximum atomic E-state index is 13.7. The van der Waals surface area contributed by atoms with Gasteiger partial charge in [0.15, 0.2) is 6.29 Å². The van der Waals surface area contributed by atoms with Crippen molar-refractivity contribution < 1.29 is 24.2 Å². The van der Waals surface area contributed by atoms with Crippen LogP contribution in [0.3, 0.4) is 0 Å². The zero-order chi connectivity index (χ0) is 33.7. The molecule has 48 heavy (non-hydrogen) atoms. The van der Waals surface area contributed by atoms with E-state index in [9.17, 15) is 14.7 Å². The van der Waals surface area contributed by atoms with E-state index in [1.165, 1.54) is 19.3 Å². The second-order valence-electron chi connectivity index (χ2n) is 14.7. The molecule has 3 aromatic rings. The third-order valence-electron chi connectivity index (χ3n) is 9.97. The average Bonchev–Trinajstić information content (AvgIpc) is 3.10. The molecule has 1 aromatic heterocycles. The van der Waals surface area contributed by atoms with Gasteiger partial charge in [-0.05, 0) is 81.2 Å². The predicted molar refractivity (Wildman–Crippen MR) is 184 cm³/mol. The zero-order valence-electron chi connectivity index (χ0n) is 28.4. The van der Waals surface area contributed by atoms with E-state index in [-0.39, 0.29) is 42.2 Å². The van der Waals surface area contributed by atoms with Crippen molar-refractivity contribution in [3.05, 3.63) is 101 Å². The van der Waals surface area contributed by atoms with Gasteiger partial charge in [-0.2, -0.15) is 0 Å². The number of nitrogens with one attached hydrogen (secondary N) is 2. The highest BCUT2D eigenvalue weighted by Gasteiger charge is 2.44. The Morgan fingerprint density at radius 2 is 1.65 bits per heavy atom. The number of rotatable bonds is 9. The van der Waals surface area contributed by atoms with Gasteiger partial charge in [-0.25, -0.2) is 0 Å². The fourth-order valence-electron chi connectivity index (χ4n) is 7.57. The Labute approximate surface area is 284 Å². The van der Waals surface area contributed by atoms with Crippen LogP contribution in [0, 0.1) is 5.92 Å². The summed E-state index contributed by atoms with van der Waals surface area (Å²) in [5.74, 6) is 0.551. The van der Waals surface area contributed by atoms with E-state index in [4.69, 9.17) is 9.47 Å². The molecule has 3 aliphatic rings. The number of hydrogen-bond acceptors (Lipinski definition) is 7. The third-order valence-corrected chi connectivity index (χ3v) is 9.97. The van der Waals surface area contributed by atoms with Gasteiger partial charge in [-0.3, -0.25) is 19.5 Å². The number of amides is 2. The summed E-state index contributed by atoms with van der Waals surface area (Å²) in [5, 5.41) is 15.8. The van der Waals surface area contributed by atoms with Crippen LogP contribution in [0.25, 0.3) is 0 Å². The van der Waals surface area contributed by atoms with Gasteiger partial charge in [0.25, 0.3) is 5.91 Å². The largest absolute Gasteiger partial charge is 0.392 e. The fourth-order valence-corrected chi connectivity index (χ4v) is 7.57. The predicted octanol–water partition coefficient (Wildman–Crippen LogP) is 5.99.